The molecule has 0 radical (unpaired) electrons. The molecule has 1 aromatic carbocycles. The molecule has 1 aromatic rings. The Morgan fingerprint density at radius 1 is 1.45 bits per heavy atom. The monoisotopic (exact) mass is 280 g/mol. The van der Waals surface area contributed by atoms with Crippen LogP contribution < -0.4 is 10.1 Å². The molecule has 0 heterocycles. The number of hydrogen-bond acceptors (Lipinski definition) is 6. The Morgan fingerprint density at radius 2 is 2.15 bits per heavy atom. The van der Waals surface area contributed by atoms with Crippen LogP contribution in [0.2, 0.25) is 0 Å². The smallest absolute Gasteiger partial charge is 0.411 e. The van der Waals surface area contributed by atoms with Crippen molar-refractivity contribution in [2.45, 2.75) is 13.8 Å². The van der Waals surface area contributed by atoms with Crippen molar-refractivity contribution >= 4 is 11.7 Å². The first kappa shape index (κ1) is 15.5. The minimum Gasteiger partial charge on any atom is -0.497 e. The van der Waals surface area contributed by atoms with Gasteiger partial charge in [-0.15, -0.1) is 0 Å². The van der Waals surface area contributed by atoms with Crippen molar-refractivity contribution in [1.82, 2.24) is 0 Å². The van der Waals surface area contributed by atoms with Crippen LogP contribution in [-0.2, 0) is 9.53 Å². The molecular formula is C13H16N2O5. The Labute approximate surface area is 116 Å². The highest BCUT2D eigenvalue weighted by molar-refractivity contribution is 5.87. The summed E-state index contributed by atoms with van der Waals surface area (Å²) >= 11 is 0. The predicted molar refractivity (Wildman–Crippen MR) is 72.9 cm³/mol. The van der Waals surface area contributed by atoms with Gasteiger partial charge in [-0.3, -0.25) is 10.1 Å². The van der Waals surface area contributed by atoms with E-state index < -0.39 is 16.6 Å². The zero-order valence-electron chi connectivity index (χ0n) is 11.5. The molecule has 1 N–H and O–H groups in total. The third kappa shape index (κ3) is 3.98. The average Bonchev–Trinajstić information content (AvgIpc) is 2.38. The molecule has 0 atom stereocenters. The first-order valence-electron chi connectivity index (χ1n) is 5.93. The Bertz CT molecular complexity index is 539. The molecule has 20 heavy (non-hydrogen) atoms. The molecule has 7 heteroatoms. The van der Waals surface area contributed by atoms with Gasteiger partial charge in [0.1, 0.15) is 5.75 Å². The number of hydrogen-bond donors (Lipinski definition) is 1. The van der Waals surface area contributed by atoms with Gasteiger partial charge >= 0.3 is 11.7 Å². The molecule has 0 aromatic heterocycles. The van der Waals surface area contributed by atoms with Gasteiger partial charge in [0, 0.05) is 11.8 Å². The number of anilines is 1. The summed E-state index contributed by atoms with van der Waals surface area (Å²) in [4.78, 5) is 21.7. The van der Waals surface area contributed by atoms with Crippen LogP contribution in [-0.4, -0.2) is 24.6 Å². The lowest BCUT2D eigenvalue weighted by atomic mass is 10.2. The average molecular weight is 280 g/mol. The Kier molecular flexibility index (Phi) is 5.52. The van der Waals surface area contributed by atoms with E-state index in [1.165, 1.54) is 14.0 Å². The van der Waals surface area contributed by atoms with Crippen molar-refractivity contribution in [2.24, 2.45) is 0 Å². The Balaban J connectivity index is 3.04. The third-order valence-corrected chi connectivity index (χ3v) is 2.41. The second kappa shape index (κ2) is 7.13. The SMILES string of the molecule is CCOC(=O)/C(=C(\C)Nc1cccc(OC)c1)[N+](=O)[O-]. The number of allylic oxidation sites excluding steroid dienone is 1. The van der Waals surface area contributed by atoms with Crippen LogP contribution in [0.1, 0.15) is 13.8 Å². The van der Waals surface area contributed by atoms with Crippen LogP contribution in [0, 0.1) is 10.1 Å². The quantitative estimate of drug-likeness (QED) is 0.372. The number of methoxy groups -OCH3 is 1. The summed E-state index contributed by atoms with van der Waals surface area (Å²) in [5, 5.41) is 13.7. The van der Waals surface area contributed by atoms with Gasteiger partial charge in [0.2, 0.25) is 0 Å². The van der Waals surface area contributed by atoms with Crippen molar-refractivity contribution in [3.8, 4) is 5.75 Å². The Morgan fingerprint density at radius 3 is 2.70 bits per heavy atom. The molecule has 0 amide bonds. The van der Waals surface area contributed by atoms with Crippen molar-refractivity contribution in [1.29, 1.82) is 0 Å². The van der Waals surface area contributed by atoms with E-state index in [2.05, 4.69) is 10.1 Å². The molecule has 0 saturated carbocycles. The summed E-state index contributed by atoms with van der Waals surface area (Å²) in [6.07, 6.45) is 0. The lowest BCUT2D eigenvalue weighted by Gasteiger charge is -2.09. The summed E-state index contributed by atoms with van der Waals surface area (Å²) < 4.78 is 9.71. The number of ether oxygens (including phenoxy) is 2. The largest absolute Gasteiger partial charge is 0.497 e. The number of benzene rings is 1. The highest BCUT2D eigenvalue weighted by Gasteiger charge is 2.27. The number of carbonyl (C=O) groups excluding carboxylic acids is 1. The van der Waals surface area contributed by atoms with Gasteiger partial charge in [0.05, 0.1) is 24.3 Å². The van der Waals surface area contributed by atoms with Crippen LogP contribution in [0.4, 0.5) is 5.69 Å². The number of carbonyl (C=O) groups is 1. The molecule has 0 aliphatic carbocycles. The highest BCUT2D eigenvalue weighted by Crippen LogP contribution is 2.19. The fraction of sp³-hybridized carbons (Fsp3) is 0.308. The summed E-state index contributed by atoms with van der Waals surface area (Å²) in [5.74, 6) is -0.369. The topological polar surface area (TPSA) is 90.7 Å². The predicted octanol–water partition coefficient (Wildman–Crippen LogP) is 2.18. The summed E-state index contributed by atoms with van der Waals surface area (Å²) in [7, 11) is 1.52. The third-order valence-electron chi connectivity index (χ3n) is 2.41. The summed E-state index contributed by atoms with van der Waals surface area (Å²) in [6.45, 7) is 3.09. The number of rotatable bonds is 6. The zero-order chi connectivity index (χ0) is 15.1. The van der Waals surface area contributed by atoms with E-state index in [1.807, 2.05) is 0 Å². The van der Waals surface area contributed by atoms with Gasteiger partial charge in [-0.2, -0.15) is 0 Å². The first-order chi connectivity index (χ1) is 9.49. The van der Waals surface area contributed by atoms with E-state index in [0.29, 0.717) is 11.4 Å². The standard InChI is InChI=1S/C13H16N2O5/c1-4-20-13(16)12(15(17)18)9(2)14-10-6-5-7-11(8-10)19-3/h5-8,14H,4H2,1-3H3/b12-9-. The second-order valence-electron chi connectivity index (χ2n) is 3.81. The van der Waals surface area contributed by atoms with Crippen LogP contribution in [0.5, 0.6) is 5.75 Å². The van der Waals surface area contributed by atoms with E-state index in [-0.39, 0.29) is 12.3 Å². The molecule has 108 valence electrons. The van der Waals surface area contributed by atoms with E-state index in [4.69, 9.17) is 4.74 Å². The molecule has 0 aliphatic rings. The van der Waals surface area contributed by atoms with Crippen molar-refractivity contribution in [2.75, 3.05) is 19.0 Å². The lowest BCUT2D eigenvalue weighted by Crippen LogP contribution is -2.19. The normalized spacial score (nSPS) is 11.3. The minimum absolute atomic E-state index is 0.0720. The van der Waals surface area contributed by atoms with Crippen molar-refractivity contribution in [3.63, 3.8) is 0 Å². The minimum atomic E-state index is -0.967. The lowest BCUT2D eigenvalue weighted by molar-refractivity contribution is -0.422. The number of esters is 1. The van der Waals surface area contributed by atoms with E-state index >= 15 is 0 Å². The van der Waals surface area contributed by atoms with Gasteiger partial charge in [-0.1, -0.05) is 6.07 Å². The maximum atomic E-state index is 11.6. The number of nitrogens with one attached hydrogen (secondary N) is 1. The summed E-state index contributed by atoms with van der Waals surface area (Å²) in [6, 6.07) is 6.83. The van der Waals surface area contributed by atoms with Crippen LogP contribution in [0.25, 0.3) is 0 Å². The van der Waals surface area contributed by atoms with Crippen molar-refractivity contribution < 1.29 is 19.2 Å². The molecule has 0 fully saturated rings. The van der Waals surface area contributed by atoms with E-state index in [1.54, 1.807) is 31.2 Å². The van der Waals surface area contributed by atoms with E-state index in [9.17, 15) is 14.9 Å². The van der Waals surface area contributed by atoms with Crippen molar-refractivity contribution in [3.05, 3.63) is 45.8 Å². The van der Waals surface area contributed by atoms with Gasteiger partial charge in [-0.25, -0.2) is 4.79 Å². The van der Waals surface area contributed by atoms with Crippen LogP contribution >= 0.6 is 0 Å². The summed E-state index contributed by atoms with van der Waals surface area (Å²) in [5.41, 5.74) is 0.0573. The molecule has 0 unspecified atom stereocenters. The van der Waals surface area contributed by atoms with Gasteiger partial charge in [-0.05, 0) is 26.0 Å². The molecule has 7 nitrogen and oxygen atoms in total. The van der Waals surface area contributed by atoms with Gasteiger partial charge in [0.15, 0.2) is 0 Å². The maximum Gasteiger partial charge on any atom is 0.411 e. The molecule has 1 rings (SSSR count). The molecule has 0 spiro atoms. The van der Waals surface area contributed by atoms with Crippen LogP contribution in [0.15, 0.2) is 35.7 Å². The second-order valence-corrected chi connectivity index (χ2v) is 3.81. The molecular weight excluding hydrogens is 264 g/mol. The first-order valence-corrected chi connectivity index (χ1v) is 5.93. The van der Waals surface area contributed by atoms with Gasteiger partial charge in [0.25, 0.3) is 0 Å². The van der Waals surface area contributed by atoms with Gasteiger partial charge < -0.3 is 14.8 Å². The van der Waals surface area contributed by atoms with Crippen LogP contribution in [0.3, 0.4) is 0 Å². The zero-order valence-corrected chi connectivity index (χ0v) is 11.5. The molecule has 0 saturated heterocycles. The number of nitro groups is 1. The fourth-order valence-corrected chi connectivity index (χ4v) is 1.54. The number of nitrogens with zero attached hydrogens (tertiary/aromatic N) is 1. The molecule has 0 bridgehead atoms. The molecule has 0 aliphatic heterocycles. The highest BCUT2D eigenvalue weighted by atomic mass is 16.6. The van der Waals surface area contributed by atoms with E-state index in [0.717, 1.165) is 0 Å². The maximum absolute atomic E-state index is 11.6. The fourth-order valence-electron chi connectivity index (χ4n) is 1.54. The Hall–Kier alpha value is -2.57.